The molecule has 1 aliphatic rings. The second-order valence-corrected chi connectivity index (χ2v) is 7.67. The molecule has 0 unspecified atom stereocenters. The number of nitrogens with zero attached hydrogens (tertiary/aromatic N) is 2. The number of hydrogen-bond donors (Lipinski definition) is 2. The van der Waals surface area contributed by atoms with Gasteiger partial charge in [-0.05, 0) is 61.4 Å². The summed E-state index contributed by atoms with van der Waals surface area (Å²) in [7, 11) is 3.62. The number of rotatable bonds is 5. The molecule has 1 fully saturated rings. The molecule has 1 saturated heterocycles. The minimum absolute atomic E-state index is 0.0713. The molecule has 0 aliphatic carbocycles. The molecule has 29 heavy (non-hydrogen) atoms. The minimum Gasteiger partial charge on any atom is -0.497 e. The van der Waals surface area contributed by atoms with Crippen LogP contribution in [0.5, 0.6) is 5.75 Å². The number of piperidine rings is 1. The third kappa shape index (κ3) is 4.22. The summed E-state index contributed by atoms with van der Waals surface area (Å²) in [6.07, 6.45) is 1.46. The fourth-order valence-electron chi connectivity index (χ4n) is 3.86. The van der Waals surface area contributed by atoms with Crippen molar-refractivity contribution < 1.29 is 9.84 Å². The van der Waals surface area contributed by atoms with E-state index in [-0.39, 0.29) is 11.7 Å². The summed E-state index contributed by atoms with van der Waals surface area (Å²) in [5.74, 6) is 0.768. The number of fused-ring (bicyclic) bond motifs is 1. The van der Waals surface area contributed by atoms with Gasteiger partial charge in [-0.2, -0.15) is 0 Å². The summed E-state index contributed by atoms with van der Waals surface area (Å²) < 4.78 is 5.29. The summed E-state index contributed by atoms with van der Waals surface area (Å²) in [4.78, 5) is 19.8. The zero-order valence-electron chi connectivity index (χ0n) is 16.9. The first-order chi connectivity index (χ1) is 14.0. The topological polar surface area (TPSA) is 68.8 Å². The van der Waals surface area contributed by atoms with Crippen LogP contribution >= 0.6 is 0 Å². The van der Waals surface area contributed by atoms with Crippen molar-refractivity contribution in [2.45, 2.75) is 25.5 Å². The van der Waals surface area contributed by atoms with Gasteiger partial charge in [0, 0.05) is 54.5 Å². The molecule has 0 radical (unpaired) electrons. The predicted molar refractivity (Wildman–Crippen MR) is 117 cm³/mol. The fourth-order valence-corrected chi connectivity index (χ4v) is 3.86. The molecule has 152 valence electrons. The van der Waals surface area contributed by atoms with Gasteiger partial charge in [0.1, 0.15) is 5.75 Å². The van der Waals surface area contributed by atoms with Crippen molar-refractivity contribution in [2.24, 2.45) is 0 Å². The lowest BCUT2D eigenvalue weighted by molar-refractivity contribution is 0.145. The van der Waals surface area contributed by atoms with Crippen LogP contribution in [0.2, 0.25) is 0 Å². The maximum Gasteiger partial charge on any atom is 0.253 e. The molecule has 0 saturated carbocycles. The van der Waals surface area contributed by atoms with E-state index in [0.29, 0.717) is 12.1 Å². The Morgan fingerprint density at radius 3 is 2.55 bits per heavy atom. The van der Waals surface area contributed by atoms with Crippen LogP contribution in [0.25, 0.3) is 10.9 Å². The molecule has 0 bridgehead atoms. The maximum absolute atomic E-state index is 12.5. The lowest BCUT2D eigenvalue weighted by Gasteiger charge is -2.31. The minimum atomic E-state index is -0.170. The number of aliphatic hydroxyl groups is 1. The molecular formula is C23H27N3O3. The molecule has 3 aromatic rings. The van der Waals surface area contributed by atoms with Gasteiger partial charge in [-0.25, -0.2) is 0 Å². The van der Waals surface area contributed by atoms with Gasteiger partial charge in [0.25, 0.3) is 5.56 Å². The molecule has 1 aromatic heterocycles. The number of aromatic nitrogens is 1. The second-order valence-electron chi connectivity index (χ2n) is 7.67. The summed E-state index contributed by atoms with van der Waals surface area (Å²) in [5.41, 5.74) is 3.67. The van der Waals surface area contributed by atoms with E-state index in [1.54, 1.807) is 7.11 Å². The van der Waals surface area contributed by atoms with Crippen molar-refractivity contribution in [1.82, 2.24) is 4.98 Å². The highest BCUT2D eigenvalue weighted by molar-refractivity contribution is 5.80. The molecule has 4 rings (SSSR count). The number of H-pyrrole nitrogens is 1. The zero-order valence-corrected chi connectivity index (χ0v) is 16.9. The van der Waals surface area contributed by atoms with Gasteiger partial charge in [-0.15, -0.1) is 0 Å². The molecule has 2 aromatic carbocycles. The van der Waals surface area contributed by atoms with Gasteiger partial charge >= 0.3 is 0 Å². The van der Waals surface area contributed by atoms with Crippen molar-refractivity contribution in [1.29, 1.82) is 0 Å². The van der Waals surface area contributed by atoms with Crippen LogP contribution < -0.4 is 20.1 Å². The molecule has 2 N–H and O–H groups in total. The predicted octanol–water partition coefficient (Wildman–Crippen LogP) is 3.13. The van der Waals surface area contributed by atoms with E-state index in [0.717, 1.165) is 48.3 Å². The van der Waals surface area contributed by atoms with Gasteiger partial charge in [0.2, 0.25) is 0 Å². The Bertz CT molecular complexity index is 1040. The van der Waals surface area contributed by atoms with E-state index in [4.69, 9.17) is 4.74 Å². The highest BCUT2D eigenvalue weighted by atomic mass is 16.5. The smallest absolute Gasteiger partial charge is 0.253 e. The molecule has 6 heteroatoms. The van der Waals surface area contributed by atoms with Crippen LogP contribution in [-0.2, 0) is 6.54 Å². The first kappa shape index (κ1) is 19.3. The van der Waals surface area contributed by atoms with Crippen molar-refractivity contribution >= 4 is 22.3 Å². The lowest BCUT2D eigenvalue weighted by Crippen LogP contribution is -2.35. The number of ether oxygens (including phenoxy) is 1. The third-order valence-electron chi connectivity index (χ3n) is 5.66. The molecule has 0 spiro atoms. The van der Waals surface area contributed by atoms with Crippen LogP contribution in [0.1, 0.15) is 18.4 Å². The van der Waals surface area contributed by atoms with Crippen LogP contribution in [0.4, 0.5) is 11.4 Å². The van der Waals surface area contributed by atoms with Gasteiger partial charge in [0.15, 0.2) is 0 Å². The van der Waals surface area contributed by atoms with E-state index in [9.17, 15) is 9.90 Å². The summed E-state index contributed by atoms with van der Waals surface area (Å²) in [5, 5.41) is 10.6. The van der Waals surface area contributed by atoms with E-state index in [1.807, 2.05) is 31.3 Å². The monoisotopic (exact) mass is 393 g/mol. The first-order valence-corrected chi connectivity index (χ1v) is 9.97. The normalized spacial score (nSPS) is 14.9. The number of methoxy groups -OCH3 is 1. The van der Waals surface area contributed by atoms with Gasteiger partial charge in [-0.3, -0.25) is 4.79 Å². The molecular weight excluding hydrogens is 366 g/mol. The SMILES string of the molecule is COc1ccc2[nH]c(=O)c(CN(C)c3ccc(N4CCC(O)CC4)cc3)cc2c1. The average molecular weight is 393 g/mol. The van der Waals surface area contributed by atoms with E-state index < -0.39 is 0 Å². The first-order valence-electron chi connectivity index (χ1n) is 9.97. The Kier molecular flexibility index (Phi) is 5.45. The maximum atomic E-state index is 12.5. The Labute approximate surface area is 170 Å². The Morgan fingerprint density at radius 2 is 1.86 bits per heavy atom. The number of aromatic amines is 1. The van der Waals surface area contributed by atoms with Crippen LogP contribution in [-0.4, -0.2) is 43.4 Å². The zero-order chi connectivity index (χ0) is 20.4. The number of benzene rings is 2. The van der Waals surface area contributed by atoms with Crippen molar-refractivity contribution in [3.8, 4) is 5.75 Å². The largest absolute Gasteiger partial charge is 0.497 e. The standard InChI is InChI=1S/C23H27N3O3/c1-25(18-3-5-19(6-4-18)26-11-9-20(27)10-12-26)15-17-13-16-14-21(29-2)7-8-22(16)24-23(17)28/h3-8,13-14,20,27H,9-12,15H2,1-2H3,(H,24,28). The van der Waals surface area contributed by atoms with E-state index >= 15 is 0 Å². The van der Waals surface area contributed by atoms with Gasteiger partial charge in [-0.1, -0.05) is 0 Å². The summed E-state index contributed by atoms with van der Waals surface area (Å²) >= 11 is 0. The van der Waals surface area contributed by atoms with Crippen molar-refractivity contribution in [3.05, 3.63) is 64.4 Å². The fraction of sp³-hybridized carbons (Fsp3) is 0.348. The highest BCUT2D eigenvalue weighted by Crippen LogP contribution is 2.24. The van der Waals surface area contributed by atoms with Crippen LogP contribution in [0, 0.1) is 0 Å². The number of aliphatic hydroxyl groups excluding tert-OH is 1. The van der Waals surface area contributed by atoms with Crippen molar-refractivity contribution in [2.75, 3.05) is 37.0 Å². The lowest BCUT2D eigenvalue weighted by atomic mass is 10.1. The summed E-state index contributed by atoms with van der Waals surface area (Å²) in [6, 6.07) is 15.9. The molecule has 2 heterocycles. The number of anilines is 2. The van der Waals surface area contributed by atoms with E-state index in [2.05, 4.69) is 39.0 Å². The van der Waals surface area contributed by atoms with Gasteiger partial charge < -0.3 is 24.6 Å². The molecule has 6 nitrogen and oxygen atoms in total. The number of nitrogens with one attached hydrogen (secondary N) is 1. The van der Waals surface area contributed by atoms with Crippen LogP contribution in [0.3, 0.4) is 0 Å². The van der Waals surface area contributed by atoms with Crippen molar-refractivity contribution in [3.63, 3.8) is 0 Å². The van der Waals surface area contributed by atoms with Crippen LogP contribution in [0.15, 0.2) is 53.3 Å². The Morgan fingerprint density at radius 1 is 1.14 bits per heavy atom. The third-order valence-corrected chi connectivity index (χ3v) is 5.66. The highest BCUT2D eigenvalue weighted by Gasteiger charge is 2.17. The van der Waals surface area contributed by atoms with Gasteiger partial charge in [0.05, 0.1) is 13.2 Å². The summed E-state index contributed by atoms with van der Waals surface area (Å²) in [6.45, 7) is 2.27. The quantitative estimate of drug-likeness (QED) is 0.697. The molecule has 0 atom stereocenters. The Balaban J connectivity index is 1.50. The number of hydrogen-bond acceptors (Lipinski definition) is 5. The average Bonchev–Trinajstić information content (AvgIpc) is 2.74. The second kappa shape index (κ2) is 8.17. The molecule has 1 aliphatic heterocycles. The Hall–Kier alpha value is -2.99. The number of pyridine rings is 1. The molecule has 0 amide bonds. The van der Waals surface area contributed by atoms with E-state index in [1.165, 1.54) is 5.69 Å².